The molecule has 2 nitrogen and oxygen atoms in total. The first-order chi connectivity index (χ1) is 9.22. The summed E-state index contributed by atoms with van der Waals surface area (Å²) in [4.78, 5) is 11.9. The predicted octanol–water partition coefficient (Wildman–Crippen LogP) is 4.55. The largest absolute Gasteiger partial charge is 0.462 e. The van der Waals surface area contributed by atoms with Crippen molar-refractivity contribution in [2.24, 2.45) is 0 Å². The second-order valence-corrected chi connectivity index (χ2v) is 4.92. The lowest BCUT2D eigenvalue weighted by Gasteiger charge is -2.11. The second-order valence-electron chi connectivity index (χ2n) is 4.92. The average Bonchev–Trinajstić information content (AvgIpc) is 2.43. The van der Waals surface area contributed by atoms with E-state index in [-0.39, 0.29) is 5.97 Å². The van der Waals surface area contributed by atoms with Gasteiger partial charge in [0.25, 0.3) is 0 Å². The maximum absolute atomic E-state index is 11.9. The molecule has 1 aromatic carbocycles. The third-order valence-corrected chi connectivity index (χ3v) is 3.28. The Kier molecular flexibility index (Phi) is 7.24. The van der Waals surface area contributed by atoms with Crippen molar-refractivity contribution in [3.63, 3.8) is 0 Å². The van der Waals surface area contributed by atoms with E-state index in [1.807, 2.05) is 13.0 Å². The first kappa shape index (κ1) is 15.7. The van der Waals surface area contributed by atoms with Crippen molar-refractivity contribution in [3.05, 3.63) is 34.9 Å². The van der Waals surface area contributed by atoms with E-state index in [9.17, 15) is 4.79 Å². The Labute approximate surface area is 117 Å². The number of carbonyl (C=O) groups is 1. The lowest BCUT2D eigenvalue weighted by Crippen LogP contribution is -2.09. The van der Waals surface area contributed by atoms with E-state index in [1.54, 1.807) is 0 Å². The number of ether oxygens (including phenoxy) is 1. The van der Waals surface area contributed by atoms with Crippen LogP contribution in [0.4, 0.5) is 0 Å². The molecule has 0 amide bonds. The SMILES string of the molecule is CCCCc1ccc(C(=O)OCC)c(CCCC)c1. The molecule has 0 unspecified atom stereocenters. The van der Waals surface area contributed by atoms with E-state index in [0.29, 0.717) is 6.61 Å². The van der Waals surface area contributed by atoms with Gasteiger partial charge in [0, 0.05) is 0 Å². The monoisotopic (exact) mass is 262 g/mol. The first-order valence-electron chi connectivity index (χ1n) is 7.51. The van der Waals surface area contributed by atoms with Crippen molar-refractivity contribution in [3.8, 4) is 0 Å². The minimum absolute atomic E-state index is 0.185. The summed E-state index contributed by atoms with van der Waals surface area (Å²) in [5.74, 6) is -0.185. The zero-order chi connectivity index (χ0) is 14.1. The molecule has 0 N–H and O–H groups in total. The molecule has 0 radical (unpaired) electrons. The summed E-state index contributed by atoms with van der Waals surface area (Å²) in [6, 6.07) is 6.20. The van der Waals surface area contributed by atoms with Crippen molar-refractivity contribution < 1.29 is 9.53 Å². The topological polar surface area (TPSA) is 26.3 Å². The molecular formula is C17H26O2. The summed E-state index contributed by atoms with van der Waals surface area (Å²) in [6.45, 7) is 6.65. The molecule has 19 heavy (non-hydrogen) atoms. The highest BCUT2D eigenvalue weighted by molar-refractivity contribution is 5.91. The van der Waals surface area contributed by atoms with E-state index in [0.717, 1.165) is 36.8 Å². The normalized spacial score (nSPS) is 10.5. The molecule has 2 heteroatoms. The van der Waals surface area contributed by atoms with Gasteiger partial charge in [-0.05, 0) is 49.8 Å². The summed E-state index contributed by atoms with van der Waals surface area (Å²) in [7, 11) is 0. The van der Waals surface area contributed by atoms with E-state index >= 15 is 0 Å². The molecule has 0 atom stereocenters. The summed E-state index contributed by atoms with van der Waals surface area (Å²) in [6.07, 6.45) is 6.71. The van der Waals surface area contributed by atoms with E-state index < -0.39 is 0 Å². The maximum atomic E-state index is 11.9. The molecule has 0 fully saturated rings. The molecule has 0 aromatic heterocycles. The molecule has 1 aromatic rings. The molecule has 1 rings (SSSR count). The fourth-order valence-corrected chi connectivity index (χ4v) is 2.17. The van der Waals surface area contributed by atoms with Gasteiger partial charge in [-0.3, -0.25) is 0 Å². The number of carbonyl (C=O) groups excluding carboxylic acids is 1. The Balaban J connectivity index is 2.91. The van der Waals surface area contributed by atoms with Crippen LogP contribution in [-0.4, -0.2) is 12.6 Å². The van der Waals surface area contributed by atoms with Crippen molar-refractivity contribution in [2.75, 3.05) is 6.61 Å². The smallest absolute Gasteiger partial charge is 0.338 e. The van der Waals surface area contributed by atoms with Crippen molar-refractivity contribution >= 4 is 5.97 Å². The van der Waals surface area contributed by atoms with Crippen LogP contribution in [0, 0.1) is 0 Å². The minimum Gasteiger partial charge on any atom is -0.462 e. The number of hydrogen-bond donors (Lipinski definition) is 0. The summed E-state index contributed by atoms with van der Waals surface area (Å²) in [5.41, 5.74) is 3.23. The number of benzene rings is 1. The van der Waals surface area contributed by atoms with Gasteiger partial charge in [-0.25, -0.2) is 4.79 Å². The first-order valence-corrected chi connectivity index (χ1v) is 7.51. The number of aryl methyl sites for hydroxylation is 2. The van der Waals surface area contributed by atoms with Gasteiger partial charge in [0.15, 0.2) is 0 Å². The van der Waals surface area contributed by atoms with Crippen molar-refractivity contribution in [2.45, 2.75) is 59.3 Å². The number of unbranched alkanes of at least 4 members (excludes halogenated alkanes) is 2. The van der Waals surface area contributed by atoms with Crippen LogP contribution in [0.1, 0.15) is 67.9 Å². The van der Waals surface area contributed by atoms with Gasteiger partial charge in [0.1, 0.15) is 0 Å². The van der Waals surface area contributed by atoms with Crippen LogP contribution in [0.5, 0.6) is 0 Å². The van der Waals surface area contributed by atoms with Crippen LogP contribution in [0.15, 0.2) is 18.2 Å². The molecule has 0 aliphatic carbocycles. The van der Waals surface area contributed by atoms with Crippen LogP contribution in [-0.2, 0) is 17.6 Å². The molecule has 0 saturated carbocycles. The Morgan fingerprint density at radius 2 is 1.74 bits per heavy atom. The predicted molar refractivity (Wildman–Crippen MR) is 79.6 cm³/mol. The van der Waals surface area contributed by atoms with Gasteiger partial charge in [0.05, 0.1) is 12.2 Å². The van der Waals surface area contributed by atoms with Crippen LogP contribution in [0.25, 0.3) is 0 Å². The van der Waals surface area contributed by atoms with E-state index in [4.69, 9.17) is 4.74 Å². The molecular weight excluding hydrogens is 236 g/mol. The Bertz CT molecular complexity index is 396. The molecule has 0 aliphatic heterocycles. The fraction of sp³-hybridized carbons (Fsp3) is 0.588. The molecule has 0 heterocycles. The second kappa shape index (κ2) is 8.73. The van der Waals surface area contributed by atoms with Crippen LogP contribution >= 0.6 is 0 Å². The van der Waals surface area contributed by atoms with Gasteiger partial charge < -0.3 is 4.74 Å². The highest BCUT2D eigenvalue weighted by Crippen LogP contribution is 2.18. The van der Waals surface area contributed by atoms with Crippen LogP contribution < -0.4 is 0 Å². The zero-order valence-corrected chi connectivity index (χ0v) is 12.5. The summed E-state index contributed by atoms with van der Waals surface area (Å²) >= 11 is 0. The molecule has 0 spiro atoms. The quantitative estimate of drug-likeness (QED) is 0.642. The highest BCUT2D eigenvalue weighted by Gasteiger charge is 2.12. The van der Waals surface area contributed by atoms with E-state index in [1.165, 1.54) is 18.4 Å². The van der Waals surface area contributed by atoms with Gasteiger partial charge >= 0.3 is 5.97 Å². The fourth-order valence-electron chi connectivity index (χ4n) is 2.17. The van der Waals surface area contributed by atoms with Crippen molar-refractivity contribution in [1.29, 1.82) is 0 Å². The van der Waals surface area contributed by atoms with Gasteiger partial charge in [-0.15, -0.1) is 0 Å². The lowest BCUT2D eigenvalue weighted by molar-refractivity contribution is 0.0525. The Hall–Kier alpha value is -1.31. The van der Waals surface area contributed by atoms with Crippen LogP contribution in [0.3, 0.4) is 0 Å². The number of esters is 1. The van der Waals surface area contributed by atoms with E-state index in [2.05, 4.69) is 26.0 Å². The maximum Gasteiger partial charge on any atom is 0.338 e. The minimum atomic E-state index is -0.185. The third kappa shape index (κ3) is 5.06. The number of hydrogen-bond acceptors (Lipinski definition) is 2. The van der Waals surface area contributed by atoms with Gasteiger partial charge in [-0.2, -0.15) is 0 Å². The third-order valence-electron chi connectivity index (χ3n) is 3.28. The molecule has 0 saturated heterocycles. The number of rotatable bonds is 8. The standard InChI is InChI=1S/C17H26O2/c1-4-7-9-14-11-12-16(17(18)19-6-3)15(13-14)10-8-5-2/h11-13H,4-10H2,1-3H3. The summed E-state index contributed by atoms with van der Waals surface area (Å²) in [5, 5.41) is 0. The molecule has 0 bridgehead atoms. The molecule has 0 aliphatic rings. The van der Waals surface area contributed by atoms with Crippen LogP contribution in [0.2, 0.25) is 0 Å². The Morgan fingerprint density at radius 3 is 2.37 bits per heavy atom. The zero-order valence-electron chi connectivity index (χ0n) is 12.5. The molecule has 106 valence electrons. The lowest BCUT2D eigenvalue weighted by atomic mass is 9.97. The van der Waals surface area contributed by atoms with Gasteiger partial charge in [0.2, 0.25) is 0 Å². The average molecular weight is 262 g/mol. The van der Waals surface area contributed by atoms with Crippen molar-refractivity contribution in [1.82, 2.24) is 0 Å². The summed E-state index contributed by atoms with van der Waals surface area (Å²) < 4.78 is 5.13. The highest BCUT2D eigenvalue weighted by atomic mass is 16.5. The van der Waals surface area contributed by atoms with Gasteiger partial charge in [-0.1, -0.05) is 38.8 Å². The Morgan fingerprint density at radius 1 is 1.05 bits per heavy atom.